The van der Waals surface area contributed by atoms with E-state index in [2.05, 4.69) is 23.5 Å². The second kappa shape index (κ2) is 6.58. The highest BCUT2D eigenvalue weighted by Gasteiger charge is 2.48. The van der Waals surface area contributed by atoms with E-state index in [4.69, 9.17) is 5.11 Å². The monoisotopic (exact) mass is 357 g/mol. The molecule has 0 atom stereocenters. The third-order valence-corrected chi connectivity index (χ3v) is 6.48. The lowest BCUT2D eigenvalue weighted by molar-refractivity contribution is -0.139. The molecule has 4 rings (SSSR count). The van der Waals surface area contributed by atoms with Crippen LogP contribution in [0.1, 0.15) is 44.6 Å². The predicted octanol–water partition coefficient (Wildman–Crippen LogP) is 2.58. The summed E-state index contributed by atoms with van der Waals surface area (Å²) in [4.78, 5) is 27.7. The topological polar surface area (TPSA) is 72.9 Å². The van der Waals surface area contributed by atoms with Crippen LogP contribution in [0.15, 0.2) is 24.3 Å². The number of aliphatic carboxylic acids is 1. The van der Waals surface area contributed by atoms with Gasteiger partial charge < -0.3 is 10.4 Å². The van der Waals surface area contributed by atoms with Crippen molar-refractivity contribution in [2.45, 2.75) is 56.5 Å². The van der Waals surface area contributed by atoms with Crippen molar-refractivity contribution < 1.29 is 14.7 Å². The first-order valence-electron chi connectivity index (χ1n) is 9.66. The number of urea groups is 1. The number of nitrogens with one attached hydrogen (secondary N) is 1. The number of amides is 2. The van der Waals surface area contributed by atoms with Crippen LogP contribution in [0.5, 0.6) is 0 Å². The van der Waals surface area contributed by atoms with Crippen molar-refractivity contribution in [2.75, 3.05) is 24.5 Å². The van der Waals surface area contributed by atoms with Gasteiger partial charge in [0.15, 0.2) is 0 Å². The highest BCUT2D eigenvalue weighted by Crippen LogP contribution is 2.52. The van der Waals surface area contributed by atoms with Crippen molar-refractivity contribution in [1.29, 1.82) is 0 Å². The molecule has 1 aromatic carbocycles. The lowest BCUT2D eigenvalue weighted by Crippen LogP contribution is -2.57. The molecule has 1 spiro atoms. The minimum Gasteiger partial charge on any atom is -0.480 e. The fourth-order valence-electron chi connectivity index (χ4n) is 4.77. The predicted molar refractivity (Wildman–Crippen MR) is 99.5 cm³/mol. The summed E-state index contributed by atoms with van der Waals surface area (Å²) < 4.78 is 0. The van der Waals surface area contributed by atoms with Gasteiger partial charge in [0.2, 0.25) is 0 Å². The summed E-state index contributed by atoms with van der Waals surface area (Å²) >= 11 is 0. The number of likely N-dealkylation sites (N-methyl/N-ethyl adjacent to an activating group) is 1. The molecular weight excluding hydrogens is 330 g/mol. The number of para-hydroxylation sites is 1. The van der Waals surface area contributed by atoms with Gasteiger partial charge >= 0.3 is 12.0 Å². The van der Waals surface area contributed by atoms with Crippen LogP contribution in [-0.4, -0.2) is 53.7 Å². The van der Waals surface area contributed by atoms with Crippen molar-refractivity contribution in [1.82, 2.24) is 10.2 Å². The van der Waals surface area contributed by atoms with Gasteiger partial charge in [-0.3, -0.25) is 14.6 Å². The van der Waals surface area contributed by atoms with E-state index in [1.165, 1.54) is 24.8 Å². The van der Waals surface area contributed by atoms with Crippen LogP contribution in [0.25, 0.3) is 0 Å². The van der Waals surface area contributed by atoms with Crippen molar-refractivity contribution in [2.24, 2.45) is 0 Å². The minimum atomic E-state index is -0.793. The molecule has 26 heavy (non-hydrogen) atoms. The smallest absolute Gasteiger partial charge is 0.322 e. The zero-order valence-electron chi connectivity index (χ0n) is 15.3. The van der Waals surface area contributed by atoms with E-state index in [-0.39, 0.29) is 30.1 Å². The summed E-state index contributed by atoms with van der Waals surface area (Å²) in [7, 11) is 0. The molecule has 0 aromatic heterocycles. The molecule has 6 heteroatoms. The number of carboxylic acids is 1. The van der Waals surface area contributed by atoms with Crippen LogP contribution in [0.4, 0.5) is 10.5 Å². The normalized spacial score (nSPS) is 25.5. The molecule has 3 aliphatic rings. The van der Waals surface area contributed by atoms with Gasteiger partial charge in [-0.25, -0.2) is 4.79 Å². The summed E-state index contributed by atoms with van der Waals surface area (Å²) in [6.45, 7) is 3.56. The molecule has 2 N–H and O–H groups in total. The number of fused-ring (bicyclic) bond motifs is 2. The largest absolute Gasteiger partial charge is 0.480 e. The van der Waals surface area contributed by atoms with Gasteiger partial charge in [-0.05, 0) is 43.9 Å². The Morgan fingerprint density at radius 2 is 2.04 bits per heavy atom. The third kappa shape index (κ3) is 2.86. The van der Waals surface area contributed by atoms with E-state index in [0.717, 1.165) is 31.6 Å². The molecule has 2 saturated carbocycles. The van der Waals surface area contributed by atoms with Crippen molar-refractivity contribution in [3.05, 3.63) is 29.8 Å². The number of benzene rings is 1. The van der Waals surface area contributed by atoms with Crippen LogP contribution in [0.3, 0.4) is 0 Å². The Labute approximate surface area is 154 Å². The third-order valence-electron chi connectivity index (χ3n) is 6.48. The van der Waals surface area contributed by atoms with Crippen LogP contribution in [0.2, 0.25) is 0 Å². The lowest BCUT2D eigenvalue weighted by atomic mass is 9.66. The first kappa shape index (κ1) is 17.3. The summed E-state index contributed by atoms with van der Waals surface area (Å²) in [6, 6.07) is 8.68. The molecule has 0 radical (unpaired) electrons. The molecule has 0 bridgehead atoms. The minimum absolute atomic E-state index is 0.00837. The number of nitrogens with zero attached hydrogens (tertiary/aromatic N) is 2. The second-order valence-corrected chi connectivity index (χ2v) is 7.97. The van der Waals surface area contributed by atoms with Crippen molar-refractivity contribution in [3.8, 4) is 0 Å². The van der Waals surface area contributed by atoms with Crippen LogP contribution in [-0.2, 0) is 10.2 Å². The van der Waals surface area contributed by atoms with Gasteiger partial charge in [-0.2, -0.15) is 0 Å². The number of hydrogen-bond acceptors (Lipinski definition) is 3. The summed E-state index contributed by atoms with van der Waals surface area (Å²) in [5.74, 6) is -0.793. The highest BCUT2D eigenvalue weighted by atomic mass is 16.4. The first-order chi connectivity index (χ1) is 12.5. The van der Waals surface area contributed by atoms with E-state index >= 15 is 0 Å². The molecule has 2 aliphatic carbocycles. The molecule has 0 saturated heterocycles. The Hall–Kier alpha value is -2.08. The second-order valence-electron chi connectivity index (χ2n) is 7.97. The van der Waals surface area contributed by atoms with Gasteiger partial charge in [0.1, 0.15) is 0 Å². The Balaban J connectivity index is 1.36. The maximum atomic E-state index is 12.9. The van der Waals surface area contributed by atoms with E-state index in [1.54, 1.807) is 0 Å². The molecular formula is C20H27N3O3. The van der Waals surface area contributed by atoms with Crippen molar-refractivity contribution in [3.63, 3.8) is 0 Å². The van der Waals surface area contributed by atoms with Gasteiger partial charge in [0.25, 0.3) is 0 Å². The lowest BCUT2D eigenvalue weighted by Gasteiger charge is -2.43. The average Bonchev–Trinajstić information content (AvgIpc) is 2.91. The summed E-state index contributed by atoms with van der Waals surface area (Å²) in [5.41, 5.74) is 2.56. The number of carbonyl (C=O) groups excluding carboxylic acids is 1. The molecule has 0 unspecified atom stereocenters. The fourth-order valence-corrected chi connectivity index (χ4v) is 4.77. The number of carboxylic acid groups (broad SMARTS) is 1. The van der Waals surface area contributed by atoms with Gasteiger partial charge in [-0.1, -0.05) is 31.5 Å². The van der Waals surface area contributed by atoms with Crippen LogP contribution in [0, 0.1) is 0 Å². The highest BCUT2D eigenvalue weighted by molar-refractivity contribution is 5.95. The van der Waals surface area contributed by atoms with Gasteiger partial charge in [0.05, 0.1) is 6.54 Å². The van der Waals surface area contributed by atoms with E-state index < -0.39 is 5.97 Å². The molecule has 6 nitrogen and oxygen atoms in total. The summed E-state index contributed by atoms with van der Waals surface area (Å²) in [5, 5.41) is 12.2. The SMILES string of the molecule is CCN(CC(=O)O)C1CC(NC(=O)N2CC3(CCC3)c3ccccc32)C1. The Kier molecular flexibility index (Phi) is 4.39. The molecule has 1 aliphatic heterocycles. The van der Waals surface area contributed by atoms with E-state index in [9.17, 15) is 9.59 Å². The quantitative estimate of drug-likeness (QED) is 0.849. The number of rotatable bonds is 5. The molecule has 2 fully saturated rings. The Bertz CT molecular complexity index is 710. The van der Waals surface area contributed by atoms with Gasteiger partial charge in [0, 0.05) is 29.7 Å². The number of carbonyl (C=O) groups is 2. The molecule has 2 amide bonds. The first-order valence-corrected chi connectivity index (χ1v) is 9.66. The molecule has 1 aromatic rings. The molecule has 140 valence electrons. The van der Waals surface area contributed by atoms with Crippen LogP contribution >= 0.6 is 0 Å². The van der Waals surface area contributed by atoms with Crippen LogP contribution < -0.4 is 10.2 Å². The average molecular weight is 357 g/mol. The molecule has 1 heterocycles. The number of hydrogen-bond donors (Lipinski definition) is 2. The Morgan fingerprint density at radius 1 is 1.31 bits per heavy atom. The maximum absolute atomic E-state index is 12.9. The zero-order chi connectivity index (χ0) is 18.3. The van der Waals surface area contributed by atoms with Crippen molar-refractivity contribution >= 4 is 17.7 Å². The van der Waals surface area contributed by atoms with Gasteiger partial charge in [-0.15, -0.1) is 0 Å². The maximum Gasteiger partial charge on any atom is 0.322 e. The fraction of sp³-hybridized carbons (Fsp3) is 0.600. The summed E-state index contributed by atoms with van der Waals surface area (Å²) in [6.07, 6.45) is 5.23. The number of anilines is 1. The Morgan fingerprint density at radius 3 is 2.65 bits per heavy atom. The zero-order valence-corrected chi connectivity index (χ0v) is 15.3. The van der Waals surface area contributed by atoms with E-state index in [0.29, 0.717) is 0 Å². The van der Waals surface area contributed by atoms with E-state index in [1.807, 2.05) is 22.8 Å². The standard InChI is InChI=1S/C20H27N3O3/c1-2-22(12-18(24)25)15-10-14(11-15)21-19(26)23-13-20(8-5-9-20)16-6-3-4-7-17(16)23/h3-4,6-7,14-15H,2,5,8-13H2,1H3,(H,21,26)(H,24,25).